The number of pyridine rings is 1. The lowest BCUT2D eigenvalue weighted by atomic mass is 9.88. The third-order valence-corrected chi connectivity index (χ3v) is 6.48. The quantitative estimate of drug-likeness (QED) is 0.452. The third-order valence-electron chi connectivity index (χ3n) is 4.41. The average Bonchev–Trinajstić information content (AvgIpc) is 2.46. The number of nitrogens with zero attached hydrogens (tertiary/aromatic N) is 2. The van der Waals surface area contributed by atoms with Gasteiger partial charge < -0.3 is 5.41 Å². The number of hydrogen-bond acceptors (Lipinski definition) is 0. The molecule has 0 fully saturated rings. The van der Waals surface area contributed by atoms with Gasteiger partial charge in [0.05, 0.1) is 8.07 Å². The van der Waals surface area contributed by atoms with Crippen LogP contribution in [0.5, 0.6) is 0 Å². The molecule has 0 aliphatic heterocycles. The van der Waals surface area contributed by atoms with Crippen molar-refractivity contribution in [1.82, 2.24) is 0 Å². The third kappa shape index (κ3) is 4.56. The predicted molar refractivity (Wildman–Crippen MR) is 109 cm³/mol. The van der Waals surface area contributed by atoms with Crippen LogP contribution in [0.15, 0.2) is 30.5 Å². The van der Waals surface area contributed by atoms with Gasteiger partial charge >= 0.3 is 0 Å². The fourth-order valence-electron chi connectivity index (χ4n) is 3.28. The van der Waals surface area contributed by atoms with Gasteiger partial charge in [-0.05, 0) is 53.3 Å². The van der Waals surface area contributed by atoms with Gasteiger partial charge in [0.1, 0.15) is 6.72 Å². The van der Waals surface area contributed by atoms with Crippen LogP contribution in [0.4, 0.5) is 0 Å². The standard InChI is InChI=1S/C22H30N2Si/c1-16-11-17(14-23)9-10-19(16)20-12-18(13-22(2,3)4)21(15-24(20)5)25(6,7)8/h9-12,15H,5,13H2,1-4,6-8H3. The number of hydrogen-bond donors (Lipinski definition) is 0. The Morgan fingerprint density at radius 1 is 1.16 bits per heavy atom. The lowest BCUT2D eigenvalue weighted by Crippen LogP contribution is -2.44. The molecule has 2 aromatic rings. The molecule has 0 amide bonds. The van der Waals surface area contributed by atoms with Gasteiger partial charge in [-0.3, -0.25) is 5.87 Å². The molecule has 3 heteroatoms. The number of rotatable bonds is 2. The van der Waals surface area contributed by atoms with E-state index in [0.29, 0.717) is 5.22 Å². The Kier molecular flexibility index (Phi) is 5.22. The van der Waals surface area contributed by atoms with Gasteiger partial charge in [0, 0.05) is 16.5 Å². The van der Waals surface area contributed by atoms with Crippen LogP contribution in [-0.4, -0.2) is 13.9 Å². The molecule has 0 saturated carbocycles. The van der Waals surface area contributed by atoms with E-state index in [-0.39, 0.29) is 5.41 Å². The van der Waals surface area contributed by atoms with Crippen LogP contribution >= 0.6 is 0 Å². The zero-order valence-electron chi connectivity index (χ0n) is 16.7. The van der Waals surface area contributed by atoms with Gasteiger partial charge in [-0.1, -0.05) is 40.4 Å². The van der Waals surface area contributed by atoms with Crippen molar-refractivity contribution in [2.24, 2.45) is 5.41 Å². The number of aryl methyl sites for hydroxylation is 1. The van der Waals surface area contributed by atoms with Gasteiger partial charge in [-0.25, -0.2) is 0 Å². The van der Waals surface area contributed by atoms with Crippen molar-refractivity contribution in [3.63, 3.8) is 0 Å². The first-order valence-electron chi connectivity index (χ1n) is 8.83. The molecule has 1 heterocycles. The maximum atomic E-state index is 9.11. The van der Waals surface area contributed by atoms with Crippen molar-refractivity contribution in [1.29, 1.82) is 0 Å². The predicted octanol–water partition coefficient (Wildman–Crippen LogP) is 3.25. The first-order valence-corrected chi connectivity index (χ1v) is 12.3. The van der Waals surface area contributed by atoms with Gasteiger partial charge in [0.25, 0.3) is 0 Å². The summed E-state index contributed by atoms with van der Waals surface area (Å²) >= 11 is 0. The lowest BCUT2D eigenvalue weighted by Gasteiger charge is -2.24. The Morgan fingerprint density at radius 2 is 1.80 bits per heavy atom. The zero-order valence-corrected chi connectivity index (χ0v) is 17.7. The molecule has 1 aromatic heterocycles. The molecule has 0 spiro atoms. The van der Waals surface area contributed by atoms with Crippen LogP contribution in [0.3, 0.4) is 0 Å². The Hall–Kier alpha value is -1.96. The summed E-state index contributed by atoms with van der Waals surface area (Å²) in [5.74, 6) is 2.22. The van der Waals surface area contributed by atoms with E-state index in [1.165, 1.54) is 10.8 Å². The molecule has 2 rings (SSSR count). The maximum absolute atomic E-state index is 9.11. The molecular weight excluding hydrogens is 320 g/mol. The summed E-state index contributed by atoms with van der Waals surface area (Å²) in [6.45, 7) is 20.4. The minimum absolute atomic E-state index is 0.235. The summed E-state index contributed by atoms with van der Waals surface area (Å²) in [5.41, 5.74) is 2.78. The van der Waals surface area contributed by atoms with E-state index in [4.69, 9.17) is 5.41 Å². The highest BCUT2D eigenvalue weighted by atomic mass is 28.3. The summed E-state index contributed by atoms with van der Waals surface area (Å²) in [4.78, 5) is 0. The number of benzene rings is 1. The highest BCUT2D eigenvalue weighted by molar-refractivity contribution is 6.88. The molecule has 25 heavy (non-hydrogen) atoms. The molecular formula is C22H30N2Si. The minimum Gasteiger partial charge on any atom is -0.763 e. The van der Waals surface area contributed by atoms with Gasteiger partial charge in [0.2, 0.25) is 5.35 Å². The van der Waals surface area contributed by atoms with E-state index < -0.39 is 8.07 Å². The molecule has 0 radical (unpaired) electrons. The van der Waals surface area contributed by atoms with E-state index in [1.807, 2.05) is 22.4 Å². The molecule has 132 valence electrons. The molecule has 0 atom stereocenters. The summed E-state index contributed by atoms with van der Waals surface area (Å²) in [5, 5.41) is 13.6. The molecule has 1 aromatic carbocycles. The van der Waals surface area contributed by atoms with Gasteiger partial charge in [-0.2, -0.15) is 4.24 Å². The van der Waals surface area contributed by atoms with Crippen LogP contribution < -0.4 is 14.6 Å². The van der Waals surface area contributed by atoms with Crippen LogP contribution in [-0.2, 0) is 6.42 Å². The monoisotopic (exact) mass is 350 g/mol. The molecule has 0 aliphatic carbocycles. The zero-order chi connectivity index (χ0) is 19.0. The van der Waals surface area contributed by atoms with Crippen LogP contribution in [0.25, 0.3) is 5.41 Å². The normalized spacial score (nSPS) is 13.6. The first kappa shape index (κ1) is 19.4. The van der Waals surface area contributed by atoms with E-state index in [0.717, 1.165) is 22.6 Å². The minimum atomic E-state index is -1.47. The highest BCUT2D eigenvalue weighted by Crippen LogP contribution is 2.21. The summed E-state index contributed by atoms with van der Waals surface area (Å²) in [7, 11) is -1.47. The average molecular weight is 351 g/mol. The molecule has 0 bridgehead atoms. The van der Waals surface area contributed by atoms with Crippen molar-refractivity contribution in [3.8, 4) is 0 Å². The fourth-order valence-corrected chi connectivity index (χ4v) is 4.95. The molecule has 2 nitrogen and oxygen atoms in total. The Labute approximate surface area is 152 Å². The van der Waals surface area contributed by atoms with Crippen molar-refractivity contribution >= 4 is 19.1 Å². The maximum Gasteiger partial charge on any atom is 0.217 e. The topological polar surface area (TPSA) is 28.2 Å². The molecule has 0 N–H and O–H groups in total. The second-order valence-electron chi connectivity index (χ2n) is 9.20. The largest absolute Gasteiger partial charge is 0.763 e. The fraction of sp³-hybridized carbons (Fsp3) is 0.409. The second kappa shape index (κ2) is 6.74. The van der Waals surface area contributed by atoms with Crippen molar-refractivity contribution in [2.75, 3.05) is 0 Å². The Bertz CT molecular complexity index is 1020. The van der Waals surface area contributed by atoms with Gasteiger partial charge in [0.15, 0.2) is 6.20 Å². The van der Waals surface area contributed by atoms with E-state index in [2.05, 4.69) is 72.2 Å². The molecule has 0 unspecified atom stereocenters. The van der Waals surface area contributed by atoms with Crippen LogP contribution in [0.2, 0.25) is 19.6 Å². The summed E-state index contributed by atoms with van der Waals surface area (Å²) in [6.07, 6.45) is 3.29. The Morgan fingerprint density at radius 3 is 2.28 bits per heavy atom. The molecule has 0 saturated heterocycles. The van der Waals surface area contributed by atoms with E-state index >= 15 is 0 Å². The summed E-state index contributed by atoms with van der Waals surface area (Å²) < 4.78 is 2.01. The highest BCUT2D eigenvalue weighted by Gasteiger charge is 2.26. The first-order chi connectivity index (χ1) is 11.4. The van der Waals surface area contributed by atoms with Gasteiger partial charge in [-0.15, -0.1) is 0 Å². The second-order valence-corrected chi connectivity index (χ2v) is 14.2. The van der Waals surface area contributed by atoms with E-state index in [9.17, 15) is 0 Å². The smallest absolute Gasteiger partial charge is 0.217 e. The van der Waals surface area contributed by atoms with E-state index in [1.54, 1.807) is 0 Å². The molecule has 0 aliphatic rings. The Balaban J connectivity index is 2.96. The van der Waals surface area contributed by atoms with Crippen LogP contribution in [0.1, 0.15) is 31.9 Å². The SMILES string of the molecule is C=[n+]1cc([Si](C)(C)C)c(CC(C)(C)C)cc1=c1ccc(=C=[N-])cc1C. The van der Waals surface area contributed by atoms with Crippen molar-refractivity contribution < 1.29 is 4.24 Å². The number of aromatic nitrogens is 1. The van der Waals surface area contributed by atoms with Crippen molar-refractivity contribution in [3.05, 3.63) is 69.5 Å². The summed E-state index contributed by atoms with van der Waals surface area (Å²) in [6, 6.07) is 8.20. The van der Waals surface area contributed by atoms with Crippen molar-refractivity contribution in [2.45, 2.75) is 53.8 Å². The van der Waals surface area contributed by atoms with Crippen LogP contribution in [0, 0.1) is 29.6 Å². The lowest BCUT2D eigenvalue weighted by molar-refractivity contribution is -0.509.